The normalized spacial score (nSPS) is 12.4. The summed E-state index contributed by atoms with van der Waals surface area (Å²) < 4.78 is 27.3. The van der Waals surface area contributed by atoms with Crippen molar-refractivity contribution in [3.05, 3.63) is 69.7 Å². The Morgan fingerprint density at radius 1 is 1.14 bits per heavy atom. The fourth-order valence-electron chi connectivity index (χ4n) is 2.31. The molecule has 0 saturated carbocycles. The smallest absolute Gasteiger partial charge is 0.142 e. The van der Waals surface area contributed by atoms with Gasteiger partial charge in [-0.25, -0.2) is 8.78 Å². The monoisotopic (exact) mass is 309 g/mol. The highest BCUT2D eigenvalue weighted by Gasteiger charge is 2.15. The highest BCUT2D eigenvalue weighted by molar-refractivity contribution is 6.31. The third-order valence-corrected chi connectivity index (χ3v) is 3.93. The molecule has 0 fully saturated rings. The predicted molar refractivity (Wildman–Crippen MR) is 82.7 cm³/mol. The number of hydrogen-bond acceptors (Lipinski definition) is 1. The fourth-order valence-corrected chi connectivity index (χ4v) is 2.51. The molecule has 0 bridgehead atoms. The average molecular weight is 310 g/mol. The van der Waals surface area contributed by atoms with Crippen LogP contribution < -0.4 is 5.32 Å². The molecule has 0 saturated heterocycles. The van der Waals surface area contributed by atoms with Crippen molar-refractivity contribution in [2.75, 3.05) is 6.54 Å². The minimum atomic E-state index is -0.431. The number of benzene rings is 2. The summed E-state index contributed by atoms with van der Waals surface area (Å²) in [4.78, 5) is 0. The second-order valence-electron chi connectivity index (χ2n) is 5.04. The Labute approximate surface area is 128 Å². The highest BCUT2D eigenvalue weighted by Crippen LogP contribution is 2.26. The quantitative estimate of drug-likeness (QED) is 0.835. The third kappa shape index (κ3) is 3.80. The SMILES string of the molecule is CCNC(Cc1cccc(F)c1Cl)c1ccc(C)c(F)c1. The van der Waals surface area contributed by atoms with Crippen molar-refractivity contribution in [1.29, 1.82) is 0 Å². The fraction of sp³-hybridized carbons (Fsp3) is 0.294. The third-order valence-electron chi connectivity index (χ3n) is 3.50. The van der Waals surface area contributed by atoms with Gasteiger partial charge in [-0.15, -0.1) is 0 Å². The number of rotatable bonds is 5. The summed E-state index contributed by atoms with van der Waals surface area (Å²) in [6.07, 6.45) is 0.507. The standard InChI is InChI=1S/C17H18ClF2N/c1-3-21-16(12-8-7-11(2)15(20)9-12)10-13-5-4-6-14(19)17(13)18/h4-9,16,21H,3,10H2,1-2H3. The van der Waals surface area contributed by atoms with Crippen molar-refractivity contribution in [1.82, 2.24) is 5.32 Å². The van der Waals surface area contributed by atoms with Crippen LogP contribution in [0.5, 0.6) is 0 Å². The lowest BCUT2D eigenvalue weighted by Gasteiger charge is -2.20. The van der Waals surface area contributed by atoms with Crippen molar-refractivity contribution < 1.29 is 8.78 Å². The molecule has 1 nitrogen and oxygen atoms in total. The zero-order valence-electron chi connectivity index (χ0n) is 12.1. The topological polar surface area (TPSA) is 12.0 Å². The molecule has 0 aliphatic rings. The molecule has 21 heavy (non-hydrogen) atoms. The Balaban J connectivity index is 2.30. The van der Waals surface area contributed by atoms with E-state index >= 15 is 0 Å². The number of likely N-dealkylation sites (N-methyl/N-ethyl adjacent to an activating group) is 1. The summed E-state index contributed by atoms with van der Waals surface area (Å²) in [7, 11) is 0. The van der Waals surface area contributed by atoms with Crippen molar-refractivity contribution in [2.24, 2.45) is 0 Å². The van der Waals surface area contributed by atoms with E-state index in [1.54, 1.807) is 25.1 Å². The van der Waals surface area contributed by atoms with Crippen LogP contribution in [0.2, 0.25) is 5.02 Å². The van der Waals surface area contributed by atoms with Crippen LogP contribution in [-0.2, 0) is 6.42 Å². The summed E-state index contributed by atoms with van der Waals surface area (Å²) in [6.45, 7) is 4.43. The Morgan fingerprint density at radius 3 is 2.57 bits per heavy atom. The van der Waals surface area contributed by atoms with Crippen molar-refractivity contribution in [3.8, 4) is 0 Å². The summed E-state index contributed by atoms with van der Waals surface area (Å²) in [6, 6.07) is 9.82. The summed E-state index contributed by atoms with van der Waals surface area (Å²) in [5.41, 5.74) is 2.15. The van der Waals surface area contributed by atoms with E-state index in [9.17, 15) is 8.78 Å². The van der Waals surface area contributed by atoms with E-state index in [1.165, 1.54) is 12.1 Å². The summed E-state index contributed by atoms with van der Waals surface area (Å²) >= 11 is 6.00. The molecule has 1 N–H and O–H groups in total. The molecule has 0 spiro atoms. The van der Waals surface area contributed by atoms with Crippen LogP contribution in [0.4, 0.5) is 8.78 Å². The molecule has 0 amide bonds. The Hall–Kier alpha value is -1.45. The van der Waals surface area contributed by atoms with Crippen LogP contribution in [0, 0.1) is 18.6 Å². The Kier molecular flexibility index (Phi) is 5.32. The van der Waals surface area contributed by atoms with Gasteiger partial charge < -0.3 is 5.32 Å². The second-order valence-corrected chi connectivity index (χ2v) is 5.41. The molecule has 1 atom stereocenters. The predicted octanol–water partition coefficient (Wildman–Crippen LogP) is 4.82. The van der Waals surface area contributed by atoms with E-state index in [0.717, 1.165) is 12.1 Å². The number of hydrogen-bond donors (Lipinski definition) is 1. The molecular formula is C17H18ClF2N. The van der Waals surface area contributed by atoms with Gasteiger partial charge in [0.15, 0.2) is 0 Å². The Morgan fingerprint density at radius 2 is 1.90 bits per heavy atom. The molecule has 1 unspecified atom stereocenters. The highest BCUT2D eigenvalue weighted by atomic mass is 35.5. The summed E-state index contributed by atoms with van der Waals surface area (Å²) in [5, 5.41) is 3.43. The van der Waals surface area contributed by atoms with E-state index in [0.29, 0.717) is 17.5 Å². The lowest BCUT2D eigenvalue weighted by atomic mass is 9.97. The maximum absolute atomic E-state index is 13.7. The molecule has 2 aromatic carbocycles. The van der Waals surface area contributed by atoms with Gasteiger partial charge in [-0.3, -0.25) is 0 Å². The largest absolute Gasteiger partial charge is 0.310 e. The van der Waals surface area contributed by atoms with Gasteiger partial charge in [0.1, 0.15) is 11.6 Å². The van der Waals surface area contributed by atoms with Gasteiger partial charge in [-0.1, -0.05) is 42.8 Å². The molecular weight excluding hydrogens is 292 g/mol. The lowest BCUT2D eigenvalue weighted by molar-refractivity contribution is 0.539. The van der Waals surface area contributed by atoms with E-state index in [1.807, 2.05) is 13.0 Å². The minimum absolute atomic E-state index is 0.107. The van der Waals surface area contributed by atoms with Crippen LogP contribution in [0.1, 0.15) is 29.7 Å². The second kappa shape index (κ2) is 7.01. The van der Waals surface area contributed by atoms with Gasteiger partial charge in [-0.05, 0) is 48.7 Å². The first-order chi connectivity index (χ1) is 10.0. The van der Waals surface area contributed by atoms with Crippen molar-refractivity contribution >= 4 is 11.6 Å². The van der Waals surface area contributed by atoms with E-state index in [4.69, 9.17) is 11.6 Å². The maximum atomic E-state index is 13.7. The van der Waals surface area contributed by atoms with E-state index in [-0.39, 0.29) is 16.9 Å². The molecule has 0 aromatic heterocycles. The number of aryl methyl sites for hydroxylation is 1. The maximum Gasteiger partial charge on any atom is 0.142 e. The van der Waals surface area contributed by atoms with E-state index in [2.05, 4.69) is 5.32 Å². The molecule has 0 heterocycles. The van der Waals surface area contributed by atoms with Crippen LogP contribution in [0.25, 0.3) is 0 Å². The zero-order valence-corrected chi connectivity index (χ0v) is 12.8. The van der Waals surface area contributed by atoms with Crippen LogP contribution in [-0.4, -0.2) is 6.54 Å². The molecule has 112 valence electrons. The first-order valence-corrected chi connectivity index (χ1v) is 7.33. The van der Waals surface area contributed by atoms with Gasteiger partial charge in [0.2, 0.25) is 0 Å². The van der Waals surface area contributed by atoms with Crippen LogP contribution in [0.15, 0.2) is 36.4 Å². The molecule has 4 heteroatoms. The van der Waals surface area contributed by atoms with Crippen LogP contribution in [0.3, 0.4) is 0 Å². The average Bonchev–Trinajstić information content (AvgIpc) is 2.46. The molecule has 0 aliphatic heterocycles. The van der Waals surface area contributed by atoms with Gasteiger partial charge in [0, 0.05) is 6.04 Å². The zero-order chi connectivity index (χ0) is 15.4. The van der Waals surface area contributed by atoms with Crippen molar-refractivity contribution in [3.63, 3.8) is 0 Å². The number of halogens is 3. The van der Waals surface area contributed by atoms with Crippen molar-refractivity contribution in [2.45, 2.75) is 26.3 Å². The van der Waals surface area contributed by atoms with E-state index < -0.39 is 5.82 Å². The molecule has 0 radical (unpaired) electrons. The van der Waals surface area contributed by atoms with Gasteiger partial charge in [0.25, 0.3) is 0 Å². The number of nitrogens with one attached hydrogen (secondary N) is 1. The molecule has 0 aliphatic carbocycles. The first kappa shape index (κ1) is 15.9. The molecule has 2 rings (SSSR count). The Bertz CT molecular complexity index is 628. The van der Waals surface area contributed by atoms with Gasteiger partial charge >= 0.3 is 0 Å². The first-order valence-electron chi connectivity index (χ1n) is 6.95. The minimum Gasteiger partial charge on any atom is -0.310 e. The van der Waals surface area contributed by atoms with Gasteiger partial charge in [0.05, 0.1) is 5.02 Å². The lowest BCUT2D eigenvalue weighted by Crippen LogP contribution is -2.23. The van der Waals surface area contributed by atoms with Gasteiger partial charge in [-0.2, -0.15) is 0 Å². The van der Waals surface area contributed by atoms with Crippen LogP contribution >= 0.6 is 11.6 Å². The summed E-state index contributed by atoms with van der Waals surface area (Å²) in [5.74, 6) is -0.666. The molecule has 2 aromatic rings.